The molecule has 1 saturated carbocycles. The molecule has 1 heterocycles. The van der Waals surface area contributed by atoms with Gasteiger partial charge in [-0.25, -0.2) is 4.79 Å². The highest BCUT2D eigenvalue weighted by Gasteiger charge is 2.54. The summed E-state index contributed by atoms with van der Waals surface area (Å²) in [5.41, 5.74) is 4.91. The van der Waals surface area contributed by atoms with E-state index in [-0.39, 0.29) is 30.5 Å². The summed E-state index contributed by atoms with van der Waals surface area (Å²) in [7, 11) is 1.63. The summed E-state index contributed by atoms with van der Waals surface area (Å²) >= 11 is 0. The van der Waals surface area contributed by atoms with Crippen LogP contribution in [0, 0.1) is 11.8 Å². The minimum Gasteiger partial charge on any atom is -0.384 e. The summed E-state index contributed by atoms with van der Waals surface area (Å²) in [6.45, 7) is 1.21. The van der Waals surface area contributed by atoms with E-state index in [4.69, 9.17) is 15.2 Å². The number of carbonyl (C=O) groups excluding carboxylic acids is 2. The highest BCUT2D eigenvalue weighted by molar-refractivity contribution is 5.83. The molecule has 0 radical (unpaired) electrons. The Balaban J connectivity index is 1.83. The van der Waals surface area contributed by atoms with Gasteiger partial charge in [-0.3, -0.25) is 4.79 Å². The van der Waals surface area contributed by atoms with E-state index in [9.17, 15) is 9.59 Å². The molecular weight excluding hydrogens is 238 g/mol. The number of carbonyl (C=O) groups is 2. The summed E-state index contributed by atoms with van der Waals surface area (Å²) in [6.07, 6.45) is 1.15. The van der Waals surface area contributed by atoms with Crippen molar-refractivity contribution in [3.63, 3.8) is 0 Å². The van der Waals surface area contributed by atoms with Crippen molar-refractivity contribution < 1.29 is 19.1 Å². The van der Waals surface area contributed by atoms with Gasteiger partial charge in [-0.1, -0.05) is 0 Å². The van der Waals surface area contributed by atoms with Gasteiger partial charge in [-0.05, 0) is 6.42 Å². The van der Waals surface area contributed by atoms with Crippen molar-refractivity contribution in [1.82, 2.24) is 10.6 Å². The van der Waals surface area contributed by atoms with Crippen LogP contribution < -0.4 is 16.4 Å². The Morgan fingerprint density at radius 3 is 2.94 bits per heavy atom. The van der Waals surface area contributed by atoms with Crippen LogP contribution in [0.1, 0.15) is 6.42 Å². The number of methoxy groups -OCH3 is 1. The van der Waals surface area contributed by atoms with Crippen molar-refractivity contribution in [3.8, 4) is 0 Å². The Labute approximate surface area is 105 Å². The van der Waals surface area contributed by atoms with Gasteiger partial charge < -0.3 is 25.8 Å². The van der Waals surface area contributed by atoms with Gasteiger partial charge in [0.25, 0.3) is 0 Å². The molecule has 0 aromatic carbocycles. The fourth-order valence-corrected chi connectivity index (χ4v) is 2.84. The van der Waals surface area contributed by atoms with Crippen LogP contribution in [0.15, 0.2) is 0 Å². The molecule has 1 aliphatic carbocycles. The predicted molar refractivity (Wildman–Crippen MR) is 62.7 cm³/mol. The van der Waals surface area contributed by atoms with Crippen LogP contribution in [0.2, 0.25) is 0 Å². The molecule has 4 N–H and O–H groups in total. The van der Waals surface area contributed by atoms with E-state index in [1.165, 1.54) is 0 Å². The Bertz CT molecular complexity index is 336. The molecule has 3 amide bonds. The lowest BCUT2D eigenvalue weighted by Crippen LogP contribution is -2.63. The summed E-state index contributed by atoms with van der Waals surface area (Å²) < 4.78 is 10.7. The van der Waals surface area contributed by atoms with Crippen LogP contribution in [0.4, 0.5) is 4.79 Å². The Hall–Kier alpha value is -1.34. The number of nitrogens with two attached hydrogens (primary N) is 1. The van der Waals surface area contributed by atoms with Crippen molar-refractivity contribution in [2.45, 2.75) is 18.6 Å². The molecule has 7 nitrogen and oxygen atoms in total. The number of rotatable bonds is 5. The molecule has 1 saturated heterocycles. The van der Waals surface area contributed by atoms with E-state index in [0.29, 0.717) is 12.5 Å². The maximum Gasteiger partial charge on any atom is 0.312 e. The van der Waals surface area contributed by atoms with E-state index in [1.807, 2.05) is 0 Å². The van der Waals surface area contributed by atoms with Gasteiger partial charge >= 0.3 is 6.03 Å². The van der Waals surface area contributed by atoms with Gasteiger partial charge in [0.1, 0.15) is 0 Å². The summed E-state index contributed by atoms with van der Waals surface area (Å²) in [5.74, 6) is 0.327. The average molecular weight is 257 g/mol. The smallest absolute Gasteiger partial charge is 0.312 e. The van der Waals surface area contributed by atoms with Gasteiger partial charge in [0.05, 0.1) is 19.3 Å². The molecule has 0 unspecified atom stereocenters. The molecule has 2 fully saturated rings. The number of nitrogens with one attached hydrogen (secondary N) is 2. The fourth-order valence-electron chi connectivity index (χ4n) is 2.84. The highest BCUT2D eigenvalue weighted by atomic mass is 16.5. The van der Waals surface area contributed by atoms with Crippen LogP contribution in [-0.4, -0.2) is 51.0 Å². The van der Waals surface area contributed by atoms with Crippen LogP contribution in [0.5, 0.6) is 0 Å². The van der Waals surface area contributed by atoms with Gasteiger partial charge in [-0.15, -0.1) is 0 Å². The zero-order valence-corrected chi connectivity index (χ0v) is 10.3. The van der Waals surface area contributed by atoms with Crippen LogP contribution in [0.3, 0.4) is 0 Å². The SMILES string of the molecule is COC[C@@H]1[C@H](NC(=O)CNC(N)=O)[C@@H]2CCO[C@H]12. The standard InChI is InChI=1S/C11H19N3O4/c1-17-5-7-9(6-2-3-18-10(6)7)14-8(15)4-13-11(12)16/h6-7,9-10H,2-5H2,1H3,(H,14,15)(H3,12,13,16)/t6-,7+,9+,10-/m0/s1. The predicted octanol–water partition coefficient (Wildman–Crippen LogP) is -1.18. The van der Waals surface area contributed by atoms with Crippen LogP contribution in [-0.2, 0) is 14.3 Å². The lowest BCUT2D eigenvalue weighted by molar-refractivity contribution is -0.128. The topological polar surface area (TPSA) is 103 Å². The molecule has 0 bridgehead atoms. The number of amides is 3. The quantitative estimate of drug-likeness (QED) is 0.577. The second-order valence-electron chi connectivity index (χ2n) is 4.72. The van der Waals surface area contributed by atoms with Gasteiger partial charge in [-0.2, -0.15) is 0 Å². The maximum atomic E-state index is 11.6. The Kier molecular flexibility index (Phi) is 4.03. The van der Waals surface area contributed by atoms with Gasteiger partial charge in [0.2, 0.25) is 5.91 Å². The molecule has 2 aliphatic rings. The van der Waals surface area contributed by atoms with E-state index in [0.717, 1.165) is 13.0 Å². The number of ether oxygens (including phenoxy) is 2. The van der Waals surface area contributed by atoms with Gasteiger partial charge in [0, 0.05) is 31.6 Å². The fraction of sp³-hybridized carbons (Fsp3) is 0.818. The molecule has 1 aliphatic heterocycles. The average Bonchev–Trinajstić information content (AvgIpc) is 2.75. The maximum absolute atomic E-state index is 11.6. The molecule has 0 spiro atoms. The zero-order chi connectivity index (χ0) is 13.1. The van der Waals surface area contributed by atoms with E-state index >= 15 is 0 Å². The lowest BCUT2D eigenvalue weighted by Gasteiger charge is -2.47. The summed E-state index contributed by atoms with van der Waals surface area (Å²) in [4.78, 5) is 22.1. The first-order valence-corrected chi connectivity index (χ1v) is 6.06. The van der Waals surface area contributed by atoms with Crippen molar-refractivity contribution in [3.05, 3.63) is 0 Å². The second kappa shape index (κ2) is 5.53. The van der Waals surface area contributed by atoms with Gasteiger partial charge in [0.15, 0.2) is 0 Å². The third-order valence-electron chi connectivity index (χ3n) is 3.64. The first-order valence-electron chi connectivity index (χ1n) is 6.06. The summed E-state index contributed by atoms with van der Waals surface area (Å²) in [5, 5.41) is 5.18. The number of urea groups is 1. The molecular formula is C11H19N3O4. The van der Waals surface area contributed by atoms with Crippen molar-refractivity contribution >= 4 is 11.9 Å². The first-order chi connectivity index (χ1) is 8.63. The second-order valence-corrected chi connectivity index (χ2v) is 4.72. The molecule has 0 aromatic heterocycles. The molecule has 18 heavy (non-hydrogen) atoms. The largest absolute Gasteiger partial charge is 0.384 e. The lowest BCUT2D eigenvalue weighted by atomic mass is 9.67. The minimum absolute atomic E-state index is 0.0691. The Morgan fingerprint density at radius 1 is 1.50 bits per heavy atom. The van der Waals surface area contributed by atoms with E-state index in [1.54, 1.807) is 7.11 Å². The number of hydrogen-bond donors (Lipinski definition) is 3. The molecule has 2 rings (SSSR count). The van der Waals surface area contributed by atoms with Crippen LogP contribution in [0.25, 0.3) is 0 Å². The Morgan fingerprint density at radius 2 is 2.28 bits per heavy atom. The minimum atomic E-state index is -0.700. The monoisotopic (exact) mass is 257 g/mol. The van der Waals surface area contributed by atoms with Crippen molar-refractivity contribution in [2.75, 3.05) is 26.9 Å². The normalized spacial score (nSPS) is 33.4. The molecule has 7 heteroatoms. The number of fused-ring (bicyclic) bond motifs is 1. The van der Waals surface area contributed by atoms with E-state index < -0.39 is 6.03 Å². The molecule has 0 aromatic rings. The molecule has 102 valence electrons. The highest BCUT2D eigenvalue weighted by Crippen LogP contribution is 2.43. The first kappa shape index (κ1) is 13.1. The number of hydrogen-bond acceptors (Lipinski definition) is 4. The van der Waals surface area contributed by atoms with Crippen LogP contribution >= 0.6 is 0 Å². The zero-order valence-electron chi connectivity index (χ0n) is 10.3. The third-order valence-corrected chi connectivity index (χ3v) is 3.64. The third kappa shape index (κ3) is 2.56. The molecule has 4 atom stereocenters. The van der Waals surface area contributed by atoms with Crippen molar-refractivity contribution in [1.29, 1.82) is 0 Å². The number of primary amides is 1. The summed E-state index contributed by atoms with van der Waals surface area (Å²) in [6, 6.07) is -0.631. The van der Waals surface area contributed by atoms with E-state index in [2.05, 4.69) is 10.6 Å². The van der Waals surface area contributed by atoms with Crippen molar-refractivity contribution in [2.24, 2.45) is 17.6 Å².